The highest BCUT2D eigenvalue weighted by Gasteiger charge is 2.23. The molecule has 1 aliphatic rings. The maximum Gasteiger partial charge on any atom is 0.0595 e. The van der Waals surface area contributed by atoms with E-state index in [1.807, 2.05) is 14.2 Å². The zero-order valence-electron chi connectivity index (χ0n) is 11.2. The van der Waals surface area contributed by atoms with Gasteiger partial charge in [0.1, 0.15) is 0 Å². The number of ether oxygens (including phenoxy) is 1. The standard InChI is InChI=1S/C13H28N2O/c1-4-5-12(6-9-14-2)15-10-7-13(16-3)8-11-15/h12-14H,4-11H2,1-3H3. The van der Waals surface area contributed by atoms with Gasteiger partial charge in [-0.2, -0.15) is 0 Å². The van der Waals surface area contributed by atoms with Crippen LogP contribution in [-0.2, 0) is 4.74 Å². The second-order valence-electron chi connectivity index (χ2n) is 4.81. The fourth-order valence-electron chi connectivity index (χ4n) is 2.63. The van der Waals surface area contributed by atoms with Gasteiger partial charge < -0.3 is 15.0 Å². The van der Waals surface area contributed by atoms with E-state index in [2.05, 4.69) is 17.1 Å². The van der Waals surface area contributed by atoms with Crippen molar-refractivity contribution in [2.24, 2.45) is 0 Å². The molecule has 0 aromatic rings. The van der Waals surface area contributed by atoms with Crippen molar-refractivity contribution in [2.75, 3.05) is 33.8 Å². The van der Waals surface area contributed by atoms with Crippen LogP contribution in [0.25, 0.3) is 0 Å². The second kappa shape index (κ2) is 8.04. The first-order valence-corrected chi connectivity index (χ1v) is 6.73. The molecule has 0 amide bonds. The molecule has 0 spiro atoms. The zero-order valence-corrected chi connectivity index (χ0v) is 11.2. The normalized spacial score (nSPS) is 21.2. The first-order valence-electron chi connectivity index (χ1n) is 6.73. The van der Waals surface area contributed by atoms with Crippen LogP contribution in [0.2, 0.25) is 0 Å². The van der Waals surface area contributed by atoms with E-state index in [4.69, 9.17) is 4.74 Å². The highest BCUT2D eigenvalue weighted by molar-refractivity contribution is 4.79. The molecule has 1 unspecified atom stereocenters. The number of hydrogen-bond acceptors (Lipinski definition) is 3. The number of nitrogens with zero attached hydrogens (tertiary/aromatic N) is 1. The Bertz CT molecular complexity index is 167. The molecule has 16 heavy (non-hydrogen) atoms. The first-order chi connectivity index (χ1) is 7.81. The SMILES string of the molecule is CCCC(CCNC)N1CCC(OC)CC1. The van der Waals surface area contributed by atoms with Crippen LogP contribution in [0.1, 0.15) is 39.0 Å². The summed E-state index contributed by atoms with van der Waals surface area (Å²) in [4.78, 5) is 2.66. The molecule has 1 rings (SSSR count). The van der Waals surface area contributed by atoms with E-state index >= 15 is 0 Å². The van der Waals surface area contributed by atoms with Crippen molar-refractivity contribution in [2.45, 2.75) is 51.2 Å². The summed E-state index contributed by atoms with van der Waals surface area (Å²) in [6.45, 7) is 5.85. The van der Waals surface area contributed by atoms with Crippen LogP contribution < -0.4 is 5.32 Å². The fourth-order valence-corrected chi connectivity index (χ4v) is 2.63. The summed E-state index contributed by atoms with van der Waals surface area (Å²) in [6.07, 6.45) is 6.81. The summed E-state index contributed by atoms with van der Waals surface area (Å²) in [5.74, 6) is 0. The fraction of sp³-hybridized carbons (Fsp3) is 1.00. The molecule has 0 saturated carbocycles. The van der Waals surface area contributed by atoms with E-state index in [1.165, 1.54) is 45.2 Å². The monoisotopic (exact) mass is 228 g/mol. The van der Waals surface area contributed by atoms with Crippen molar-refractivity contribution < 1.29 is 4.74 Å². The second-order valence-corrected chi connectivity index (χ2v) is 4.81. The molecule has 1 saturated heterocycles. The van der Waals surface area contributed by atoms with E-state index in [-0.39, 0.29) is 0 Å². The molecular weight excluding hydrogens is 200 g/mol. The quantitative estimate of drug-likeness (QED) is 0.720. The Balaban J connectivity index is 2.33. The minimum absolute atomic E-state index is 0.503. The predicted molar refractivity (Wildman–Crippen MR) is 68.8 cm³/mol. The Morgan fingerprint density at radius 2 is 2.00 bits per heavy atom. The van der Waals surface area contributed by atoms with Gasteiger partial charge in [-0.3, -0.25) is 0 Å². The first kappa shape index (κ1) is 13.9. The summed E-state index contributed by atoms with van der Waals surface area (Å²) >= 11 is 0. The number of hydrogen-bond donors (Lipinski definition) is 1. The van der Waals surface area contributed by atoms with E-state index in [0.29, 0.717) is 6.10 Å². The molecule has 0 bridgehead atoms. The van der Waals surface area contributed by atoms with Gasteiger partial charge in [0.05, 0.1) is 6.10 Å². The van der Waals surface area contributed by atoms with Crippen molar-refractivity contribution in [3.8, 4) is 0 Å². The van der Waals surface area contributed by atoms with Gasteiger partial charge in [-0.15, -0.1) is 0 Å². The molecular formula is C13H28N2O. The molecule has 3 heteroatoms. The molecule has 1 heterocycles. The third-order valence-electron chi connectivity index (χ3n) is 3.68. The zero-order chi connectivity index (χ0) is 11.8. The molecule has 1 aliphatic heterocycles. The molecule has 1 fully saturated rings. The van der Waals surface area contributed by atoms with Crippen molar-refractivity contribution in [1.29, 1.82) is 0 Å². The summed E-state index contributed by atoms with van der Waals surface area (Å²) in [6, 6.07) is 0.773. The number of likely N-dealkylation sites (tertiary alicyclic amines) is 1. The van der Waals surface area contributed by atoms with Gasteiger partial charge in [0.15, 0.2) is 0 Å². The summed E-state index contributed by atoms with van der Waals surface area (Å²) in [5, 5.41) is 3.26. The molecule has 0 aliphatic carbocycles. The van der Waals surface area contributed by atoms with Crippen molar-refractivity contribution in [3.05, 3.63) is 0 Å². The lowest BCUT2D eigenvalue weighted by atomic mass is 10.0. The predicted octanol–water partition coefficient (Wildman–Crippen LogP) is 1.88. The molecule has 0 aromatic carbocycles. The Morgan fingerprint density at radius 3 is 2.50 bits per heavy atom. The minimum atomic E-state index is 0.503. The van der Waals surface area contributed by atoms with Crippen LogP contribution in [0.4, 0.5) is 0 Å². The summed E-state index contributed by atoms with van der Waals surface area (Å²) in [5.41, 5.74) is 0. The lowest BCUT2D eigenvalue weighted by Gasteiger charge is -2.37. The Labute approximate surface area is 101 Å². The van der Waals surface area contributed by atoms with Crippen molar-refractivity contribution >= 4 is 0 Å². The van der Waals surface area contributed by atoms with E-state index in [1.54, 1.807) is 0 Å². The van der Waals surface area contributed by atoms with E-state index in [0.717, 1.165) is 12.6 Å². The largest absolute Gasteiger partial charge is 0.381 e. The highest BCUT2D eigenvalue weighted by atomic mass is 16.5. The summed E-state index contributed by atoms with van der Waals surface area (Å²) < 4.78 is 5.42. The van der Waals surface area contributed by atoms with Gasteiger partial charge in [0.25, 0.3) is 0 Å². The lowest BCUT2D eigenvalue weighted by Crippen LogP contribution is -2.44. The summed E-state index contributed by atoms with van der Waals surface area (Å²) in [7, 11) is 3.88. The average molecular weight is 228 g/mol. The van der Waals surface area contributed by atoms with E-state index < -0.39 is 0 Å². The van der Waals surface area contributed by atoms with Gasteiger partial charge in [0, 0.05) is 26.2 Å². The molecule has 3 nitrogen and oxygen atoms in total. The van der Waals surface area contributed by atoms with E-state index in [9.17, 15) is 0 Å². The number of methoxy groups -OCH3 is 1. The molecule has 0 radical (unpaired) electrons. The van der Waals surface area contributed by atoms with Crippen LogP contribution in [0.3, 0.4) is 0 Å². The van der Waals surface area contributed by atoms with Crippen LogP contribution in [0, 0.1) is 0 Å². The topological polar surface area (TPSA) is 24.5 Å². The van der Waals surface area contributed by atoms with Gasteiger partial charge in [-0.05, 0) is 39.3 Å². The van der Waals surface area contributed by atoms with Gasteiger partial charge in [-0.1, -0.05) is 13.3 Å². The van der Waals surface area contributed by atoms with Crippen LogP contribution in [0.5, 0.6) is 0 Å². The lowest BCUT2D eigenvalue weighted by molar-refractivity contribution is 0.0244. The highest BCUT2D eigenvalue weighted by Crippen LogP contribution is 2.19. The minimum Gasteiger partial charge on any atom is -0.381 e. The number of rotatable bonds is 7. The third kappa shape index (κ3) is 4.40. The van der Waals surface area contributed by atoms with Crippen molar-refractivity contribution in [3.63, 3.8) is 0 Å². The Kier molecular flexibility index (Phi) is 7.01. The average Bonchev–Trinajstić information content (AvgIpc) is 2.35. The Hall–Kier alpha value is -0.120. The van der Waals surface area contributed by atoms with Crippen LogP contribution in [-0.4, -0.2) is 50.8 Å². The van der Waals surface area contributed by atoms with Gasteiger partial charge in [0.2, 0.25) is 0 Å². The van der Waals surface area contributed by atoms with Gasteiger partial charge in [-0.25, -0.2) is 0 Å². The molecule has 1 N–H and O–H groups in total. The maximum absolute atomic E-state index is 5.42. The number of piperidine rings is 1. The molecule has 1 atom stereocenters. The molecule has 96 valence electrons. The third-order valence-corrected chi connectivity index (χ3v) is 3.68. The van der Waals surface area contributed by atoms with Gasteiger partial charge >= 0.3 is 0 Å². The molecule has 0 aromatic heterocycles. The number of nitrogens with one attached hydrogen (secondary N) is 1. The van der Waals surface area contributed by atoms with Crippen LogP contribution >= 0.6 is 0 Å². The van der Waals surface area contributed by atoms with Crippen molar-refractivity contribution in [1.82, 2.24) is 10.2 Å². The maximum atomic E-state index is 5.42. The smallest absolute Gasteiger partial charge is 0.0595 e. The Morgan fingerprint density at radius 1 is 1.31 bits per heavy atom. The van der Waals surface area contributed by atoms with Crippen LogP contribution in [0.15, 0.2) is 0 Å².